The minimum Gasteiger partial charge on any atom is -0.479 e. The van der Waals surface area contributed by atoms with Gasteiger partial charge in [-0.05, 0) is 12.1 Å². The second kappa shape index (κ2) is 4.91. The number of rotatable bonds is 3. The summed E-state index contributed by atoms with van der Waals surface area (Å²) in [6.07, 6.45) is -7.31. The van der Waals surface area contributed by atoms with Crippen LogP contribution in [0.2, 0.25) is 5.02 Å². The first-order chi connectivity index (χ1) is 8.11. The number of carboxylic acid groups (broad SMARTS) is 1. The van der Waals surface area contributed by atoms with Crippen molar-refractivity contribution >= 4 is 23.3 Å². The molecule has 18 heavy (non-hydrogen) atoms. The van der Waals surface area contributed by atoms with E-state index in [1.165, 1.54) is 0 Å². The van der Waals surface area contributed by atoms with Gasteiger partial charge in [-0.3, -0.25) is 0 Å². The van der Waals surface area contributed by atoms with E-state index in [4.69, 9.17) is 22.4 Å². The van der Waals surface area contributed by atoms with Gasteiger partial charge in [0.1, 0.15) is 0 Å². The lowest BCUT2D eigenvalue weighted by molar-refractivity contribution is -0.274. The van der Waals surface area contributed by atoms with Crippen LogP contribution in [0.25, 0.3) is 0 Å². The highest BCUT2D eigenvalue weighted by molar-refractivity contribution is 6.31. The van der Waals surface area contributed by atoms with Gasteiger partial charge in [0.2, 0.25) is 0 Å². The molecule has 5 nitrogen and oxygen atoms in total. The molecule has 4 N–H and O–H groups in total. The summed E-state index contributed by atoms with van der Waals surface area (Å²) in [6, 6.07) is 1.78. The fourth-order valence-electron chi connectivity index (χ4n) is 1.21. The number of aliphatic hydroxyl groups excluding tert-OH is 1. The maximum Gasteiger partial charge on any atom is 0.573 e. The minimum absolute atomic E-state index is 0.127. The Labute approximate surface area is 104 Å². The van der Waals surface area contributed by atoms with Crippen molar-refractivity contribution in [3.63, 3.8) is 0 Å². The third kappa shape index (κ3) is 3.41. The van der Waals surface area contributed by atoms with Gasteiger partial charge in [0.05, 0.1) is 5.69 Å². The molecule has 1 aromatic carbocycles. The van der Waals surface area contributed by atoms with Crippen molar-refractivity contribution in [3.8, 4) is 5.75 Å². The first-order valence-electron chi connectivity index (χ1n) is 4.37. The van der Waals surface area contributed by atoms with Gasteiger partial charge in [-0.15, -0.1) is 13.2 Å². The monoisotopic (exact) mass is 285 g/mol. The van der Waals surface area contributed by atoms with E-state index in [9.17, 15) is 23.1 Å². The van der Waals surface area contributed by atoms with Crippen LogP contribution in [-0.4, -0.2) is 22.5 Å². The molecule has 1 atom stereocenters. The Hall–Kier alpha value is -1.67. The van der Waals surface area contributed by atoms with Gasteiger partial charge in [-0.25, -0.2) is 4.79 Å². The molecule has 0 amide bonds. The Kier molecular flexibility index (Phi) is 3.92. The number of hydrogen-bond donors (Lipinski definition) is 3. The molecule has 0 saturated carbocycles. The van der Waals surface area contributed by atoms with Crippen molar-refractivity contribution in [2.75, 3.05) is 5.73 Å². The number of benzene rings is 1. The van der Waals surface area contributed by atoms with Crippen molar-refractivity contribution in [2.45, 2.75) is 12.5 Å². The SMILES string of the molecule is Nc1cc(Cl)cc(C(O)C(=O)O)c1OC(F)(F)F. The summed E-state index contributed by atoms with van der Waals surface area (Å²) in [7, 11) is 0. The molecule has 0 aliphatic rings. The van der Waals surface area contributed by atoms with Gasteiger partial charge in [0.25, 0.3) is 0 Å². The number of halogens is 4. The Bertz CT molecular complexity index is 478. The Balaban J connectivity index is 3.34. The summed E-state index contributed by atoms with van der Waals surface area (Å²) in [5.74, 6) is -2.74. The Morgan fingerprint density at radius 2 is 2.00 bits per heavy atom. The van der Waals surface area contributed by atoms with Crippen molar-refractivity contribution in [1.82, 2.24) is 0 Å². The quantitative estimate of drug-likeness (QED) is 0.738. The maximum atomic E-state index is 12.1. The van der Waals surface area contributed by atoms with E-state index >= 15 is 0 Å². The number of aliphatic hydroxyl groups is 1. The number of carbonyl (C=O) groups is 1. The second-order valence-electron chi connectivity index (χ2n) is 3.20. The molecule has 100 valence electrons. The number of nitrogen functional groups attached to an aromatic ring is 1. The van der Waals surface area contributed by atoms with E-state index in [0.717, 1.165) is 12.1 Å². The van der Waals surface area contributed by atoms with Crippen molar-refractivity contribution in [1.29, 1.82) is 0 Å². The zero-order valence-corrected chi connectivity index (χ0v) is 9.29. The third-order valence-electron chi connectivity index (χ3n) is 1.86. The van der Waals surface area contributed by atoms with Gasteiger partial charge >= 0.3 is 12.3 Å². The van der Waals surface area contributed by atoms with Crippen molar-refractivity contribution in [2.24, 2.45) is 0 Å². The maximum absolute atomic E-state index is 12.1. The standard InChI is InChI=1S/C9H7ClF3NO4/c10-3-1-4(6(15)8(16)17)7(5(14)2-3)18-9(11,12)13/h1-2,6,15H,14H2,(H,16,17). The molecule has 0 spiro atoms. The molecule has 9 heteroatoms. The first kappa shape index (κ1) is 14.4. The predicted molar refractivity (Wildman–Crippen MR) is 55.1 cm³/mol. The average molecular weight is 286 g/mol. The molecule has 0 aliphatic carbocycles. The van der Waals surface area contributed by atoms with Crippen LogP contribution in [0.15, 0.2) is 12.1 Å². The van der Waals surface area contributed by atoms with Crippen LogP contribution in [0.4, 0.5) is 18.9 Å². The molecule has 0 radical (unpaired) electrons. The van der Waals surface area contributed by atoms with Gasteiger partial charge in [-0.1, -0.05) is 11.6 Å². The lowest BCUT2D eigenvalue weighted by Gasteiger charge is -2.17. The lowest BCUT2D eigenvalue weighted by Crippen LogP contribution is -2.21. The summed E-state index contributed by atoms with van der Waals surface area (Å²) in [5, 5.41) is 17.7. The molecular formula is C9H7ClF3NO4. The fraction of sp³-hybridized carbons (Fsp3) is 0.222. The summed E-state index contributed by atoms with van der Waals surface area (Å²) in [4.78, 5) is 10.6. The smallest absolute Gasteiger partial charge is 0.479 e. The van der Waals surface area contributed by atoms with Crippen LogP contribution < -0.4 is 10.5 Å². The van der Waals surface area contributed by atoms with E-state index in [2.05, 4.69) is 4.74 Å². The van der Waals surface area contributed by atoms with E-state index in [-0.39, 0.29) is 5.02 Å². The van der Waals surface area contributed by atoms with Gasteiger partial charge in [0.15, 0.2) is 11.9 Å². The van der Waals surface area contributed by atoms with Crippen LogP contribution in [0, 0.1) is 0 Å². The van der Waals surface area contributed by atoms with E-state index in [1.807, 2.05) is 0 Å². The number of aliphatic carboxylic acids is 1. The molecule has 1 unspecified atom stereocenters. The Morgan fingerprint density at radius 3 is 2.44 bits per heavy atom. The third-order valence-corrected chi connectivity index (χ3v) is 2.08. The summed E-state index contributed by atoms with van der Waals surface area (Å²) >= 11 is 5.52. The van der Waals surface area contributed by atoms with E-state index < -0.39 is 35.4 Å². The molecular weight excluding hydrogens is 279 g/mol. The van der Waals surface area contributed by atoms with Gasteiger partial charge < -0.3 is 20.7 Å². The van der Waals surface area contributed by atoms with Crippen LogP contribution in [0.1, 0.15) is 11.7 Å². The fourth-order valence-corrected chi connectivity index (χ4v) is 1.44. The van der Waals surface area contributed by atoms with Crippen LogP contribution in [-0.2, 0) is 4.79 Å². The average Bonchev–Trinajstić information content (AvgIpc) is 2.18. The Morgan fingerprint density at radius 1 is 1.44 bits per heavy atom. The largest absolute Gasteiger partial charge is 0.573 e. The number of alkyl halides is 3. The number of carboxylic acids is 1. The van der Waals surface area contributed by atoms with Gasteiger partial charge in [-0.2, -0.15) is 0 Å². The zero-order chi connectivity index (χ0) is 14.1. The molecule has 0 aromatic heterocycles. The molecule has 0 fully saturated rings. The van der Waals surface area contributed by atoms with Gasteiger partial charge in [0, 0.05) is 10.6 Å². The van der Waals surface area contributed by atoms with Crippen molar-refractivity contribution < 1.29 is 32.9 Å². The number of ether oxygens (including phenoxy) is 1. The number of nitrogens with two attached hydrogens (primary N) is 1. The number of hydrogen-bond acceptors (Lipinski definition) is 4. The van der Waals surface area contributed by atoms with E-state index in [0.29, 0.717) is 0 Å². The molecule has 0 heterocycles. The molecule has 1 rings (SSSR count). The predicted octanol–water partition coefficient (Wildman–Crippen LogP) is 1.94. The number of anilines is 1. The van der Waals surface area contributed by atoms with Crippen molar-refractivity contribution in [3.05, 3.63) is 22.7 Å². The van der Waals surface area contributed by atoms with Crippen LogP contribution >= 0.6 is 11.6 Å². The minimum atomic E-state index is -5.07. The van der Waals surface area contributed by atoms with Crippen LogP contribution in [0.3, 0.4) is 0 Å². The second-order valence-corrected chi connectivity index (χ2v) is 3.64. The first-order valence-corrected chi connectivity index (χ1v) is 4.75. The highest BCUT2D eigenvalue weighted by Gasteiger charge is 2.35. The zero-order valence-electron chi connectivity index (χ0n) is 8.53. The normalized spacial score (nSPS) is 13.2. The van der Waals surface area contributed by atoms with E-state index in [1.54, 1.807) is 0 Å². The summed E-state index contributed by atoms with van der Waals surface area (Å²) < 4.78 is 40.0. The lowest BCUT2D eigenvalue weighted by atomic mass is 10.1. The topological polar surface area (TPSA) is 92.8 Å². The highest BCUT2D eigenvalue weighted by Crippen LogP contribution is 2.37. The molecule has 0 aliphatic heterocycles. The summed E-state index contributed by atoms with van der Waals surface area (Å²) in [5.41, 5.74) is 4.05. The van der Waals surface area contributed by atoms with Crippen LogP contribution in [0.5, 0.6) is 5.75 Å². The summed E-state index contributed by atoms with van der Waals surface area (Å²) in [6.45, 7) is 0. The molecule has 0 saturated heterocycles. The highest BCUT2D eigenvalue weighted by atomic mass is 35.5. The molecule has 0 bridgehead atoms. The molecule has 1 aromatic rings.